The van der Waals surface area contributed by atoms with Gasteiger partial charge in [0.15, 0.2) is 0 Å². The van der Waals surface area contributed by atoms with Crippen LogP contribution < -0.4 is 5.32 Å². The number of H-pyrrole nitrogens is 1. The summed E-state index contributed by atoms with van der Waals surface area (Å²) in [6.07, 6.45) is 6.08. The molecule has 0 aromatic carbocycles. The standard InChI is InChI=1S/C11H15N5/c1-3-9(11-12-4-5-13-11)16-10-6-8(2)14-7-15-10/h4-7,9H,3H2,1-2H3,(H,12,13)(H,14,15,16). The maximum absolute atomic E-state index is 4.24. The third-order valence-corrected chi connectivity index (χ3v) is 2.38. The van der Waals surface area contributed by atoms with E-state index in [0.717, 1.165) is 23.8 Å². The molecule has 1 unspecified atom stereocenters. The summed E-state index contributed by atoms with van der Waals surface area (Å²) in [7, 11) is 0. The fourth-order valence-corrected chi connectivity index (χ4v) is 1.54. The van der Waals surface area contributed by atoms with Gasteiger partial charge in [-0.3, -0.25) is 0 Å². The molecule has 0 spiro atoms. The van der Waals surface area contributed by atoms with Crippen LogP contribution in [0.15, 0.2) is 24.8 Å². The van der Waals surface area contributed by atoms with E-state index in [1.165, 1.54) is 0 Å². The molecule has 5 nitrogen and oxygen atoms in total. The number of hydrogen-bond donors (Lipinski definition) is 2. The van der Waals surface area contributed by atoms with Crippen LogP contribution in [0.25, 0.3) is 0 Å². The summed E-state index contributed by atoms with van der Waals surface area (Å²) in [6, 6.07) is 2.08. The molecule has 0 aliphatic carbocycles. The molecule has 0 radical (unpaired) electrons. The van der Waals surface area contributed by atoms with E-state index in [0.29, 0.717) is 0 Å². The predicted molar refractivity (Wildman–Crippen MR) is 62.0 cm³/mol. The van der Waals surface area contributed by atoms with Crippen molar-refractivity contribution in [1.29, 1.82) is 0 Å². The van der Waals surface area contributed by atoms with Gasteiger partial charge in [-0.15, -0.1) is 0 Å². The Kier molecular flexibility index (Phi) is 3.14. The lowest BCUT2D eigenvalue weighted by molar-refractivity contribution is 0.699. The van der Waals surface area contributed by atoms with E-state index in [9.17, 15) is 0 Å². The first-order chi connectivity index (χ1) is 7.79. The molecule has 0 aliphatic rings. The Morgan fingerprint density at radius 3 is 2.88 bits per heavy atom. The fraction of sp³-hybridized carbons (Fsp3) is 0.364. The molecule has 2 aromatic rings. The monoisotopic (exact) mass is 217 g/mol. The van der Waals surface area contributed by atoms with Crippen LogP contribution in [0.3, 0.4) is 0 Å². The van der Waals surface area contributed by atoms with Gasteiger partial charge >= 0.3 is 0 Å². The van der Waals surface area contributed by atoms with Crippen LogP contribution in [0.4, 0.5) is 5.82 Å². The van der Waals surface area contributed by atoms with E-state index < -0.39 is 0 Å². The molecule has 0 saturated carbocycles. The zero-order valence-corrected chi connectivity index (χ0v) is 9.44. The molecule has 2 N–H and O–H groups in total. The van der Waals surface area contributed by atoms with Crippen molar-refractivity contribution in [2.45, 2.75) is 26.3 Å². The van der Waals surface area contributed by atoms with Crippen molar-refractivity contribution in [2.24, 2.45) is 0 Å². The van der Waals surface area contributed by atoms with Crippen molar-refractivity contribution < 1.29 is 0 Å². The number of anilines is 1. The van der Waals surface area contributed by atoms with E-state index in [2.05, 4.69) is 32.2 Å². The average Bonchev–Trinajstić information content (AvgIpc) is 2.79. The molecule has 1 atom stereocenters. The lowest BCUT2D eigenvalue weighted by Crippen LogP contribution is -2.12. The van der Waals surface area contributed by atoms with E-state index in [1.807, 2.05) is 19.2 Å². The van der Waals surface area contributed by atoms with Gasteiger partial charge in [-0.1, -0.05) is 6.92 Å². The van der Waals surface area contributed by atoms with E-state index >= 15 is 0 Å². The van der Waals surface area contributed by atoms with E-state index in [-0.39, 0.29) is 6.04 Å². The number of nitrogens with one attached hydrogen (secondary N) is 2. The van der Waals surface area contributed by atoms with Gasteiger partial charge in [-0.25, -0.2) is 15.0 Å². The molecule has 0 saturated heterocycles. The Hall–Kier alpha value is -1.91. The Morgan fingerprint density at radius 2 is 2.25 bits per heavy atom. The van der Waals surface area contributed by atoms with Crippen LogP contribution in [-0.2, 0) is 0 Å². The summed E-state index contributed by atoms with van der Waals surface area (Å²) in [5, 5.41) is 3.33. The molecule has 2 aromatic heterocycles. The summed E-state index contributed by atoms with van der Waals surface area (Å²) >= 11 is 0. The second kappa shape index (κ2) is 4.74. The molecular weight excluding hydrogens is 202 g/mol. The van der Waals surface area contributed by atoms with Gasteiger partial charge in [-0.2, -0.15) is 0 Å². The van der Waals surface area contributed by atoms with Gasteiger partial charge in [0.2, 0.25) is 0 Å². The van der Waals surface area contributed by atoms with Gasteiger partial charge in [0, 0.05) is 24.2 Å². The minimum Gasteiger partial charge on any atom is -0.360 e. The molecule has 0 amide bonds. The molecule has 0 aliphatic heterocycles. The Labute approximate surface area is 94.4 Å². The molecule has 2 heterocycles. The van der Waals surface area contributed by atoms with Crippen LogP contribution in [0.1, 0.15) is 30.9 Å². The second-order valence-electron chi connectivity index (χ2n) is 3.62. The first-order valence-corrected chi connectivity index (χ1v) is 5.34. The third-order valence-electron chi connectivity index (χ3n) is 2.38. The lowest BCUT2D eigenvalue weighted by atomic mass is 10.2. The summed E-state index contributed by atoms with van der Waals surface area (Å²) in [6.45, 7) is 4.05. The normalized spacial score (nSPS) is 12.4. The van der Waals surface area contributed by atoms with Crippen LogP contribution in [0, 0.1) is 6.92 Å². The highest BCUT2D eigenvalue weighted by molar-refractivity contribution is 5.36. The van der Waals surface area contributed by atoms with Crippen LogP contribution in [-0.4, -0.2) is 19.9 Å². The smallest absolute Gasteiger partial charge is 0.130 e. The number of hydrogen-bond acceptors (Lipinski definition) is 4. The van der Waals surface area contributed by atoms with E-state index in [1.54, 1.807) is 12.5 Å². The number of aromatic nitrogens is 4. The summed E-state index contributed by atoms with van der Waals surface area (Å²) < 4.78 is 0. The van der Waals surface area contributed by atoms with Gasteiger partial charge in [-0.05, 0) is 13.3 Å². The zero-order valence-electron chi connectivity index (χ0n) is 9.44. The van der Waals surface area contributed by atoms with Crippen LogP contribution in [0.5, 0.6) is 0 Å². The Balaban J connectivity index is 2.13. The van der Waals surface area contributed by atoms with E-state index in [4.69, 9.17) is 0 Å². The Morgan fingerprint density at radius 1 is 1.38 bits per heavy atom. The minimum absolute atomic E-state index is 0.157. The van der Waals surface area contributed by atoms with Crippen molar-refractivity contribution in [1.82, 2.24) is 19.9 Å². The number of aromatic amines is 1. The first-order valence-electron chi connectivity index (χ1n) is 5.34. The minimum atomic E-state index is 0.157. The molecule has 84 valence electrons. The number of imidazole rings is 1. The van der Waals surface area contributed by atoms with Gasteiger partial charge < -0.3 is 10.3 Å². The summed E-state index contributed by atoms with van der Waals surface area (Å²) in [4.78, 5) is 15.6. The van der Waals surface area contributed by atoms with Gasteiger partial charge in [0.1, 0.15) is 18.0 Å². The topological polar surface area (TPSA) is 66.5 Å². The summed E-state index contributed by atoms with van der Waals surface area (Å²) in [5.74, 6) is 1.76. The van der Waals surface area contributed by atoms with Crippen molar-refractivity contribution in [3.63, 3.8) is 0 Å². The van der Waals surface area contributed by atoms with Crippen LogP contribution >= 0.6 is 0 Å². The molecule has 16 heavy (non-hydrogen) atoms. The third kappa shape index (κ3) is 2.36. The largest absolute Gasteiger partial charge is 0.360 e. The number of nitrogens with zero attached hydrogens (tertiary/aromatic N) is 3. The number of aryl methyl sites for hydroxylation is 1. The van der Waals surface area contributed by atoms with Gasteiger partial charge in [0.05, 0.1) is 6.04 Å². The molecular formula is C11H15N5. The summed E-state index contributed by atoms with van der Waals surface area (Å²) in [5.41, 5.74) is 0.951. The SMILES string of the molecule is CCC(Nc1cc(C)ncn1)c1ncc[nH]1. The van der Waals surface area contributed by atoms with Crippen molar-refractivity contribution in [3.05, 3.63) is 36.3 Å². The van der Waals surface area contributed by atoms with Crippen molar-refractivity contribution >= 4 is 5.82 Å². The maximum Gasteiger partial charge on any atom is 0.130 e. The highest BCUT2D eigenvalue weighted by atomic mass is 15.1. The second-order valence-corrected chi connectivity index (χ2v) is 3.62. The predicted octanol–water partition coefficient (Wildman–Crippen LogP) is 2.07. The quantitative estimate of drug-likeness (QED) is 0.822. The highest BCUT2D eigenvalue weighted by Crippen LogP contribution is 2.17. The highest BCUT2D eigenvalue weighted by Gasteiger charge is 2.11. The van der Waals surface area contributed by atoms with Crippen LogP contribution in [0.2, 0.25) is 0 Å². The zero-order chi connectivity index (χ0) is 11.4. The first kappa shape index (κ1) is 10.6. The maximum atomic E-state index is 4.24. The number of rotatable bonds is 4. The van der Waals surface area contributed by atoms with Crippen molar-refractivity contribution in [2.75, 3.05) is 5.32 Å². The van der Waals surface area contributed by atoms with Gasteiger partial charge in [0.25, 0.3) is 0 Å². The fourth-order valence-electron chi connectivity index (χ4n) is 1.54. The molecule has 0 fully saturated rings. The molecule has 5 heteroatoms. The lowest BCUT2D eigenvalue weighted by Gasteiger charge is -2.15. The van der Waals surface area contributed by atoms with Crippen molar-refractivity contribution in [3.8, 4) is 0 Å². The molecule has 0 bridgehead atoms. The Bertz CT molecular complexity index is 437. The molecule has 2 rings (SSSR count). The average molecular weight is 217 g/mol.